The average molecular weight is 491 g/mol. The summed E-state index contributed by atoms with van der Waals surface area (Å²) in [6, 6.07) is 14.1. The second kappa shape index (κ2) is 9.73. The maximum atomic E-state index is 13.7. The lowest BCUT2D eigenvalue weighted by molar-refractivity contribution is -0.138. The van der Waals surface area contributed by atoms with Crippen molar-refractivity contribution in [2.45, 2.75) is 23.5 Å². The molecule has 0 amide bonds. The maximum absolute atomic E-state index is 13.7. The molecule has 172 valence electrons. The molecule has 1 N–H and O–H groups in total. The molecule has 2 atom stereocenters. The Bertz CT molecular complexity index is 1140. The molecule has 2 unspecified atom stereocenters. The number of hydrogen-bond donors (Lipinski definition) is 1. The molecule has 1 aromatic carbocycles. The normalized spacial score (nSPS) is 18.3. The van der Waals surface area contributed by atoms with Gasteiger partial charge in [0, 0.05) is 32.1 Å². The minimum absolute atomic E-state index is 0.0677. The Morgan fingerprint density at radius 3 is 2.64 bits per heavy atom. The van der Waals surface area contributed by atoms with E-state index in [1.807, 2.05) is 43.3 Å². The predicted molar refractivity (Wildman–Crippen MR) is 124 cm³/mol. The molecule has 0 aliphatic carbocycles. The van der Waals surface area contributed by atoms with Gasteiger partial charge in [0.2, 0.25) is 0 Å². The van der Waals surface area contributed by atoms with Crippen LogP contribution in [0.1, 0.15) is 22.9 Å². The summed E-state index contributed by atoms with van der Waals surface area (Å²) in [4.78, 5) is 7.02. The lowest BCUT2D eigenvalue weighted by atomic mass is 10.1. The third-order valence-corrected chi connectivity index (χ3v) is 7.15. The molecular formula is C23H21F3N4OS2. The van der Waals surface area contributed by atoms with E-state index >= 15 is 0 Å². The van der Waals surface area contributed by atoms with Crippen molar-refractivity contribution in [2.75, 3.05) is 31.3 Å². The summed E-state index contributed by atoms with van der Waals surface area (Å²) in [7, 11) is 3.93. The number of nitrogens with zero attached hydrogens (tertiary/aromatic N) is 3. The second-order valence-corrected chi connectivity index (χ2v) is 9.62. The zero-order valence-electron chi connectivity index (χ0n) is 17.9. The van der Waals surface area contributed by atoms with Crippen molar-refractivity contribution in [1.82, 2.24) is 10.3 Å². The average Bonchev–Trinajstić information content (AvgIpc) is 3.49. The van der Waals surface area contributed by atoms with Crippen LogP contribution in [0.2, 0.25) is 0 Å². The summed E-state index contributed by atoms with van der Waals surface area (Å²) in [5.41, 5.74) is 0.848. The number of alkyl halides is 3. The van der Waals surface area contributed by atoms with Crippen LogP contribution in [0.4, 0.5) is 18.9 Å². The van der Waals surface area contributed by atoms with Crippen LogP contribution in [0.15, 0.2) is 52.9 Å². The number of nitriles is 1. The predicted octanol–water partition coefficient (Wildman–Crippen LogP) is 5.55. The largest absolute Gasteiger partial charge is 0.417 e. The number of hydrogen-bond acceptors (Lipinski definition) is 7. The summed E-state index contributed by atoms with van der Waals surface area (Å²) < 4.78 is 47.1. The van der Waals surface area contributed by atoms with Gasteiger partial charge in [-0.15, -0.1) is 23.1 Å². The number of thiophene rings is 1. The van der Waals surface area contributed by atoms with E-state index in [2.05, 4.69) is 10.3 Å². The molecule has 0 saturated carbocycles. The van der Waals surface area contributed by atoms with E-state index in [-0.39, 0.29) is 23.1 Å². The number of thioether (sulfide) groups is 1. The summed E-state index contributed by atoms with van der Waals surface area (Å²) >= 11 is 2.42. The Labute approximate surface area is 198 Å². The first-order chi connectivity index (χ1) is 15.8. The molecular weight excluding hydrogens is 469 g/mol. The maximum Gasteiger partial charge on any atom is 0.417 e. The molecule has 2 aromatic heterocycles. The lowest BCUT2D eigenvalue weighted by Gasteiger charge is -2.16. The second-order valence-electron chi connectivity index (χ2n) is 7.67. The SMILES string of the molecule is CN(C)c1ccc(C2NCC(CSc3nc(-c4cccs4)cc(C(F)(F)F)c3C#N)O2)cc1. The summed E-state index contributed by atoms with van der Waals surface area (Å²) in [5, 5.41) is 14.6. The van der Waals surface area contributed by atoms with Gasteiger partial charge < -0.3 is 9.64 Å². The summed E-state index contributed by atoms with van der Waals surface area (Å²) in [6.45, 7) is 0.547. The molecule has 3 aromatic rings. The summed E-state index contributed by atoms with van der Waals surface area (Å²) in [5.74, 6) is 0.367. The van der Waals surface area contributed by atoms with Gasteiger partial charge in [0.15, 0.2) is 0 Å². The highest BCUT2D eigenvalue weighted by Crippen LogP contribution is 2.39. The van der Waals surface area contributed by atoms with Crippen LogP contribution in [0.25, 0.3) is 10.6 Å². The number of rotatable bonds is 6. The minimum atomic E-state index is -4.65. The zero-order valence-corrected chi connectivity index (χ0v) is 19.5. The molecule has 1 fully saturated rings. The quantitative estimate of drug-likeness (QED) is 0.458. The Morgan fingerprint density at radius 1 is 1.27 bits per heavy atom. The van der Waals surface area contributed by atoms with Crippen LogP contribution in [0.3, 0.4) is 0 Å². The van der Waals surface area contributed by atoms with E-state index in [9.17, 15) is 18.4 Å². The van der Waals surface area contributed by atoms with E-state index in [0.29, 0.717) is 17.2 Å². The Morgan fingerprint density at radius 2 is 2.03 bits per heavy atom. The fraction of sp³-hybridized carbons (Fsp3) is 0.304. The van der Waals surface area contributed by atoms with E-state index in [1.165, 1.54) is 11.3 Å². The van der Waals surface area contributed by atoms with Crippen molar-refractivity contribution >= 4 is 28.8 Å². The van der Waals surface area contributed by atoms with Crippen LogP contribution in [0.5, 0.6) is 0 Å². The molecule has 4 rings (SSSR count). The standard InChI is InChI=1S/C23H21F3N4OS2/c1-30(2)15-7-5-14(6-8-15)21-28-12-16(31-21)13-33-22-17(11-27)18(23(24,25)26)10-19(29-22)20-4-3-9-32-20/h3-10,16,21,28H,12-13H2,1-2H3. The Hall–Kier alpha value is -2.58. The van der Waals surface area contributed by atoms with Gasteiger partial charge in [0.05, 0.1) is 27.8 Å². The summed E-state index contributed by atoms with van der Waals surface area (Å²) in [6.07, 6.45) is -5.18. The molecule has 5 nitrogen and oxygen atoms in total. The zero-order chi connectivity index (χ0) is 23.6. The molecule has 1 aliphatic heterocycles. The lowest BCUT2D eigenvalue weighted by Crippen LogP contribution is -2.17. The van der Waals surface area contributed by atoms with Crippen LogP contribution in [-0.2, 0) is 10.9 Å². The van der Waals surface area contributed by atoms with Crippen molar-refractivity contribution in [3.63, 3.8) is 0 Å². The molecule has 0 bridgehead atoms. The van der Waals surface area contributed by atoms with Crippen LogP contribution >= 0.6 is 23.1 Å². The smallest absolute Gasteiger partial charge is 0.378 e. The first kappa shape index (κ1) is 23.6. The number of nitrogens with one attached hydrogen (secondary N) is 1. The van der Waals surface area contributed by atoms with Crippen molar-refractivity contribution in [3.8, 4) is 16.6 Å². The van der Waals surface area contributed by atoms with Gasteiger partial charge in [-0.1, -0.05) is 18.2 Å². The van der Waals surface area contributed by atoms with Crippen molar-refractivity contribution < 1.29 is 17.9 Å². The molecule has 10 heteroatoms. The van der Waals surface area contributed by atoms with E-state index in [1.54, 1.807) is 23.6 Å². The van der Waals surface area contributed by atoms with Gasteiger partial charge >= 0.3 is 6.18 Å². The van der Waals surface area contributed by atoms with Crippen molar-refractivity contribution in [1.29, 1.82) is 5.26 Å². The fourth-order valence-electron chi connectivity index (χ4n) is 3.45. The first-order valence-electron chi connectivity index (χ1n) is 10.1. The van der Waals surface area contributed by atoms with Crippen LogP contribution in [-0.4, -0.2) is 37.5 Å². The number of aromatic nitrogens is 1. The number of anilines is 1. The van der Waals surface area contributed by atoms with Gasteiger partial charge in [-0.25, -0.2) is 4.98 Å². The highest BCUT2D eigenvalue weighted by Gasteiger charge is 2.36. The topological polar surface area (TPSA) is 61.2 Å². The van der Waals surface area contributed by atoms with Crippen LogP contribution < -0.4 is 10.2 Å². The first-order valence-corrected chi connectivity index (χ1v) is 12.0. The molecule has 3 heterocycles. The molecule has 33 heavy (non-hydrogen) atoms. The number of ether oxygens (including phenoxy) is 1. The van der Waals surface area contributed by atoms with E-state index in [4.69, 9.17) is 4.74 Å². The van der Waals surface area contributed by atoms with Gasteiger partial charge in [-0.2, -0.15) is 18.4 Å². The van der Waals surface area contributed by atoms with E-state index in [0.717, 1.165) is 29.1 Å². The third-order valence-electron chi connectivity index (χ3n) is 5.15. The minimum Gasteiger partial charge on any atom is -0.378 e. The third kappa shape index (κ3) is 5.33. The van der Waals surface area contributed by atoms with Gasteiger partial charge in [0.1, 0.15) is 17.3 Å². The number of benzene rings is 1. The molecule has 1 aliphatic rings. The number of halogens is 3. The Balaban J connectivity index is 1.51. The van der Waals surface area contributed by atoms with Crippen molar-refractivity contribution in [3.05, 3.63) is 64.5 Å². The van der Waals surface area contributed by atoms with Gasteiger partial charge in [0.25, 0.3) is 0 Å². The van der Waals surface area contributed by atoms with Crippen molar-refractivity contribution in [2.24, 2.45) is 0 Å². The molecule has 1 saturated heterocycles. The fourth-order valence-corrected chi connectivity index (χ4v) is 5.14. The Kier molecular flexibility index (Phi) is 6.95. The highest BCUT2D eigenvalue weighted by atomic mass is 32.2. The van der Waals surface area contributed by atoms with Crippen LogP contribution in [0, 0.1) is 11.3 Å². The monoisotopic (exact) mass is 490 g/mol. The number of pyridine rings is 1. The molecule has 0 spiro atoms. The van der Waals surface area contributed by atoms with E-state index < -0.39 is 17.3 Å². The molecule has 0 radical (unpaired) electrons. The highest BCUT2D eigenvalue weighted by molar-refractivity contribution is 7.99. The van der Waals surface area contributed by atoms with Gasteiger partial charge in [-0.3, -0.25) is 5.32 Å². The van der Waals surface area contributed by atoms with Gasteiger partial charge in [-0.05, 0) is 35.2 Å².